The van der Waals surface area contributed by atoms with Crippen LogP contribution in [0.25, 0.3) is 6.08 Å². The molecule has 0 spiro atoms. The standard InChI is InChI=1S/C19H18N2O3S3/c22-12-14(9-13-5-2-1-3-6-13)20-17(23)11-21-18(24)16(27-19(21)25)10-15-7-4-8-26-15/h1-8,10,14,22H,9,11-12H2,(H,20,23). The summed E-state index contributed by atoms with van der Waals surface area (Å²) in [6, 6.07) is 13.0. The second-order valence-electron chi connectivity index (χ2n) is 5.92. The van der Waals surface area contributed by atoms with Crippen LogP contribution in [-0.4, -0.2) is 45.3 Å². The number of hydrogen-bond acceptors (Lipinski definition) is 6. The van der Waals surface area contributed by atoms with E-state index >= 15 is 0 Å². The maximum Gasteiger partial charge on any atom is 0.266 e. The van der Waals surface area contributed by atoms with Crippen molar-refractivity contribution in [1.82, 2.24) is 10.2 Å². The Balaban J connectivity index is 1.59. The Morgan fingerprint density at radius 3 is 2.70 bits per heavy atom. The molecule has 1 aliphatic rings. The third kappa shape index (κ3) is 5.26. The minimum absolute atomic E-state index is 0.155. The quantitative estimate of drug-likeness (QED) is 0.534. The highest BCUT2D eigenvalue weighted by Crippen LogP contribution is 2.33. The highest BCUT2D eigenvalue weighted by atomic mass is 32.2. The van der Waals surface area contributed by atoms with Crippen LogP contribution in [0, 0.1) is 0 Å². The molecule has 8 heteroatoms. The molecule has 2 aromatic rings. The number of aliphatic hydroxyl groups excluding tert-OH is 1. The summed E-state index contributed by atoms with van der Waals surface area (Å²) in [6.07, 6.45) is 2.30. The summed E-state index contributed by atoms with van der Waals surface area (Å²) in [7, 11) is 0. The fourth-order valence-electron chi connectivity index (χ4n) is 2.62. The van der Waals surface area contributed by atoms with Crippen molar-refractivity contribution < 1.29 is 14.7 Å². The van der Waals surface area contributed by atoms with Crippen LogP contribution in [0.2, 0.25) is 0 Å². The smallest absolute Gasteiger partial charge is 0.266 e. The Hall–Kier alpha value is -2.00. The maximum atomic E-state index is 12.5. The van der Waals surface area contributed by atoms with Gasteiger partial charge in [-0.15, -0.1) is 11.3 Å². The van der Waals surface area contributed by atoms with Gasteiger partial charge in [0.1, 0.15) is 10.9 Å². The van der Waals surface area contributed by atoms with Crippen LogP contribution in [0.1, 0.15) is 10.4 Å². The van der Waals surface area contributed by atoms with Crippen molar-refractivity contribution >= 4 is 57.5 Å². The molecule has 27 heavy (non-hydrogen) atoms. The first-order valence-corrected chi connectivity index (χ1v) is 10.4. The molecule has 2 amide bonds. The van der Waals surface area contributed by atoms with Crippen molar-refractivity contribution in [3.05, 3.63) is 63.2 Å². The van der Waals surface area contributed by atoms with Crippen LogP contribution in [0.4, 0.5) is 0 Å². The van der Waals surface area contributed by atoms with Crippen molar-refractivity contribution in [2.24, 2.45) is 0 Å². The number of thiophene rings is 1. The Morgan fingerprint density at radius 2 is 2.04 bits per heavy atom. The lowest BCUT2D eigenvalue weighted by Gasteiger charge is -2.19. The molecule has 0 radical (unpaired) electrons. The lowest BCUT2D eigenvalue weighted by molar-refractivity contribution is -0.129. The van der Waals surface area contributed by atoms with E-state index in [1.165, 1.54) is 28.0 Å². The monoisotopic (exact) mass is 418 g/mol. The first-order valence-electron chi connectivity index (χ1n) is 8.30. The third-order valence-corrected chi connectivity index (χ3v) is 6.10. The molecule has 2 heterocycles. The molecule has 1 aromatic heterocycles. The van der Waals surface area contributed by atoms with E-state index in [9.17, 15) is 14.7 Å². The zero-order valence-electron chi connectivity index (χ0n) is 14.3. The van der Waals surface area contributed by atoms with Crippen LogP contribution in [-0.2, 0) is 16.0 Å². The molecule has 2 N–H and O–H groups in total. The molecule has 0 bridgehead atoms. The first-order chi connectivity index (χ1) is 13.1. The molecule has 1 saturated heterocycles. The van der Waals surface area contributed by atoms with Crippen molar-refractivity contribution in [3.63, 3.8) is 0 Å². The molecular weight excluding hydrogens is 400 g/mol. The van der Waals surface area contributed by atoms with Crippen molar-refractivity contribution in [1.29, 1.82) is 0 Å². The van der Waals surface area contributed by atoms with Crippen LogP contribution < -0.4 is 5.32 Å². The summed E-state index contributed by atoms with van der Waals surface area (Å²) in [5, 5.41) is 14.3. The van der Waals surface area contributed by atoms with Crippen LogP contribution >= 0.6 is 35.3 Å². The molecule has 1 aromatic carbocycles. The number of aliphatic hydroxyl groups is 1. The van der Waals surface area contributed by atoms with Gasteiger partial charge in [0.25, 0.3) is 5.91 Å². The molecule has 1 fully saturated rings. The van der Waals surface area contributed by atoms with Gasteiger partial charge in [0, 0.05) is 4.88 Å². The van der Waals surface area contributed by atoms with E-state index in [4.69, 9.17) is 12.2 Å². The van der Waals surface area contributed by atoms with Gasteiger partial charge in [-0.25, -0.2) is 0 Å². The number of thioether (sulfide) groups is 1. The topological polar surface area (TPSA) is 69.6 Å². The largest absolute Gasteiger partial charge is 0.394 e. The van der Waals surface area contributed by atoms with Crippen LogP contribution in [0.15, 0.2) is 52.7 Å². The SMILES string of the molecule is O=C(CN1C(=O)C(=Cc2cccs2)SC1=S)NC(CO)Cc1ccccc1. The molecular formula is C19H18N2O3S3. The normalized spacial score (nSPS) is 16.8. The Morgan fingerprint density at radius 1 is 1.26 bits per heavy atom. The summed E-state index contributed by atoms with van der Waals surface area (Å²) in [6.45, 7) is -0.338. The van der Waals surface area contributed by atoms with E-state index in [0.29, 0.717) is 15.6 Å². The van der Waals surface area contributed by atoms with Crippen LogP contribution in [0.3, 0.4) is 0 Å². The van der Waals surface area contributed by atoms with E-state index in [0.717, 1.165) is 10.4 Å². The molecule has 3 rings (SSSR count). The van der Waals surface area contributed by atoms with E-state index in [2.05, 4.69) is 5.32 Å². The van der Waals surface area contributed by atoms with Crippen molar-refractivity contribution in [3.8, 4) is 0 Å². The Labute approximate surface area is 171 Å². The van der Waals surface area contributed by atoms with Crippen molar-refractivity contribution in [2.45, 2.75) is 12.5 Å². The zero-order valence-corrected chi connectivity index (χ0v) is 16.8. The second kappa shape index (κ2) is 9.27. The van der Waals surface area contributed by atoms with Gasteiger partial charge in [-0.3, -0.25) is 14.5 Å². The summed E-state index contributed by atoms with van der Waals surface area (Å²) in [5.74, 6) is -0.615. The fraction of sp³-hybridized carbons (Fsp3) is 0.211. The molecule has 5 nitrogen and oxygen atoms in total. The zero-order chi connectivity index (χ0) is 19.2. The lowest BCUT2D eigenvalue weighted by atomic mass is 10.1. The van der Waals surface area contributed by atoms with Gasteiger partial charge < -0.3 is 10.4 Å². The van der Waals surface area contributed by atoms with E-state index in [1.807, 2.05) is 47.8 Å². The van der Waals surface area contributed by atoms with Gasteiger partial charge in [-0.1, -0.05) is 60.4 Å². The number of benzene rings is 1. The summed E-state index contributed by atoms with van der Waals surface area (Å²) < 4.78 is 0.363. The van der Waals surface area contributed by atoms with Gasteiger partial charge in [0.15, 0.2) is 0 Å². The molecule has 1 unspecified atom stereocenters. The van der Waals surface area contributed by atoms with E-state index in [-0.39, 0.29) is 25.0 Å². The van der Waals surface area contributed by atoms with Crippen molar-refractivity contribution in [2.75, 3.05) is 13.2 Å². The molecule has 1 atom stereocenters. The molecule has 0 saturated carbocycles. The van der Waals surface area contributed by atoms with Crippen LogP contribution in [0.5, 0.6) is 0 Å². The van der Waals surface area contributed by atoms with Gasteiger partial charge in [0.05, 0.1) is 17.6 Å². The third-order valence-electron chi connectivity index (χ3n) is 3.90. The van der Waals surface area contributed by atoms with Gasteiger partial charge >= 0.3 is 0 Å². The number of carbonyl (C=O) groups is 2. The molecule has 0 aliphatic carbocycles. The average Bonchev–Trinajstić information content (AvgIpc) is 3.26. The number of amides is 2. The van der Waals surface area contributed by atoms with E-state index < -0.39 is 6.04 Å². The summed E-state index contributed by atoms with van der Waals surface area (Å²) in [5.41, 5.74) is 1.02. The predicted octanol–water partition coefficient (Wildman–Crippen LogP) is 2.67. The van der Waals surface area contributed by atoms with Gasteiger partial charge in [0.2, 0.25) is 5.91 Å². The average molecular weight is 419 g/mol. The lowest BCUT2D eigenvalue weighted by Crippen LogP contribution is -2.45. The highest BCUT2D eigenvalue weighted by Gasteiger charge is 2.33. The molecule has 1 aliphatic heterocycles. The summed E-state index contributed by atoms with van der Waals surface area (Å²) >= 11 is 7.98. The first kappa shape index (κ1) is 19.8. The number of thiocarbonyl (C=S) groups is 1. The predicted molar refractivity (Wildman–Crippen MR) is 113 cm³/mol. The van der Waals surface area contributed by atoms with Gasteiger partial charge in [-0.05, 0) is 29.5 Å². The number of hydrogen-bond donors (Lipinski definition) is 2. The maximum absolute atomic E-state index is 12.5. The minimum atomic E-state index is -0.417. The number of nitrogens with one attached hydrogen (secondary N) is 1. The number of carbonyl (C=O) groups excluding carboxylic acids is 2. The second-order valence-corrected chi connectivity index (χ2v) is 8.58. The van der Waals surface area contributed by atoms with Gasteiger partial charge in [-0.2, -0.15) is 0 Å². The number of nitrogens with zero attached hydrogens (tertiary/aromatic N) is 1. The molecule has 140 valence electrons. The fourth-order valence-corrected chi connectivity index (χ4v) is 4.59. The highest BCUT2D eigenvalue weighted by molar-refractivity contribution is 8.26. The Kier molecular flexibility index (Phi) is 6.78. The summed E-state index contributed by atoms with van der Waals surface area (Å²) in [4.78, 5) is 27.7. The minimum Gasteiger partial charge on any atom is -0.394 e. The Bertz CT molecular complexity index is 850. The van der Waals surface area contributed by atoms with E-state index in [1.54, 1.807) is 6.08 Å². The number of rotatable bonds is 7.